The quantitative estimate of drug-likeness (QED) is 0.889. The smallest absolute Gasteiger partial charge is 0.233 e. The summed E-state index contributed by atoms with van der Waals surface area (Å²) in [5.74, 6) is 1.10. The highest BCUT2D eigenvalue weighted by Gasteiger charge is 2.17. The van der Waals surface area contributed by atoms with Crippen LogP contribution in [0, 0.1) is 6.92 Å². The molecule has 2 heterocycles. The third-order valence-corrected chi connectivity index (χ3v) is 4.21. The van der Waals surface area contributed by atoms with Gasteiger partial charge in [-0.1, -0.05) is 6.07 Å². The molecule has 1 saturated heterocycles. The SMILES string of the molecule is Cc1ccc(Br)c(Nc2nc(Cl)nc(N3CCCC3)n2)c1. The van der Waals surface area contributed by atoms with E-state index in [2.05, 4.69) is 41.1 Å². The first-order chi connectivity index (χ1) is 10.1. The molecule has 7 heteroatoms. The lowest BCUT2D eigenvalue weighted by atomic mass is 10.2. The predicted molar refractivity (Wildman–Crippen MR) is 88.4 cm³/mol. The fourth-order valence-electron chi connectivity index (χ4n) is 2.31. The zero-order valence-corrected chi connectivity index (χ0v) is 13.9. The van der Waals surface area contributed by atoms with E-state index in [9.17, 15) is 0 Å². The number of aromatic nitrogens is 3. The summed E-state index contributed by atoms with van der Waals surface area (Å²) < 4.78 is 0.951. The molecule has 0 amide bonds. The Kier molecular flexibility index (Phi) is 4.26. The number of nitrogens with zero attached hydrogens (tertiary/aromatic N) is 4. The number of rotatable bonds is 3. The number of aryl methyl sites for hydroxylation is 1. The molecule has 3 rings (SSSR count). The first kappa shape index (κ1) is 14.5. The van der Waals surface area contributed by atoms with E-state index in [-0.39, 0.29) is 5.28 Å². The fourth-order valence-corrected chi connectivity index (χ4v) is 2.81. The van der Waals surface area contributed by atoms with Gasteiger partial charge in [0.15, 0.2) is 0 Å². The van der Waals surface area contributed by atoms with Crippen molar-refractivity contribution >= 4 is 45.1 Å². The predicted octanol–water partition coefficient (Wildman–Crippen LogP) is 3.94. The third-order valence-electron chi connectivity index (χ3n) is 3.35. The van der Waals surface area contributed by atoms with Crippen LogP contribution in [0.4, 0.5) is 17.6 Å². The third kappa shape index (κ3) is 3.44. The zero-order chi connectivity index (χ0) is 14.8. The molecule has 1 aromatic heterocycles. The van der Waals surface area contributed by atoms with Crippen molar-refractivity contribution in [3.63, 3.8) is 0 Å². The molecule has 21 heavy (non-hydrogen) atoms. The molecule has 0 aliphatic carbocycles. The van der Waals surface area contributed by atoms with Gasteiger partial charge in [-0.25, -0.2) is 0 Å². The van der Waals surface area contributed by atoms with E-state index >= 15 is 0 Å². The number of benzene rings is 1. The van der Waals surface area contributed by atoms with Gasteiger partial charge >= 0.3 is 0 Å². The van der Waals surface area contributed by atoms with Crippen molar-refractivity contribution in [2.45, 2.75) is 19.8 Å². The molecule has 0 bridgehead atoms. The molecule has 1 aliphatic heterocycles. The minimum absolute atomic E-state index is 0.207. The summed E-state index contributed by atoms with van der Waals surface area (Å²) in [7, 11) is 0. The maximum atomic E-state index is 6.03. The minimum Gasteiger partial charge on any atom is -0.341 e. The standard InChI is InChI=1S/C14H15BrClN5/c1-9-4-5-10(15)11(8-9)17-13-18-12(16)19-14(20-13)21-6-2-3-7-21/h4-5,8H,2-3,6-7H2,1H3,(H,17,18,19,20). The Morgan fingerprint density at radius 3 is 2.71 bits per heavy atom. The molecule has 0 spiro atoms. The van der Waals surface area contributed by atoms with E-state index in [4.69, 9.17) is 11.6 Å². The van der Waals surface area contributed by atoms with Gasteiger partial charge in [-0.15, -0.1) is 0 Å². The highest BCUT2D eigenvalue weighted by atomic mass is 79.9. The molecule has 1 aliphatic rings. The maximum absolute atomic E-state index is 6.03. The Morgan fingerprint density at radius 1 is 1.19 bits per heavy atom. The summed E-state index contributed by atoms with van der Waals surface area (Å²) in [6.45, 7) is 3.97. The van der Waals surface area contributed by atoms with Crippen LogP contribution in [0.15, 0.2) is 22.7 Å². The summed E-state index contributed by atoms with van der Waals surface area (Å²) in [5, 5.41) is 3.40. The number of hydrogen-bond acceptors (Lipinski definition) is 5. The summed E-state index contributed by atoms with van der Waals surface area (Å²) in [4.78, 5) is 15.0. The van der Waals surface area contributed by atoms with Gasteiger partial charge in [0.05, 0.1) is 5.69 Å². The summed E-state index contributed by atoms with van der Waals surface area (Å²) in [6.07, 6.45) is 2.32. The van der Waals surface area contributed by atoms with Crippen LogP contribution in [0.2, 0.25) is 5.28 Å². The molecule has 1 fully saturated rings. The van der Waals surface area contributed by atoms with Gasteiger partial charge in [0.1, 0.15) is 0 Å². The first-order valence-electron chi connectivity index (χ1n) is 6.81. The van der Waals surface area contributed by atoms with Gasteiger partial charge in [0.25, 0.3) is 0 Å². The summed E-state index contributed by atoms with van der Waals surface area (Å²) >= 11 is 9.54. The van der Waals surface area contributed by atoms with Gasteiger partial charge in [0.2, 0.25) is 17.2 Å². The monoisotopic (exact) mass is 367 g/mol. The minimum atomic E-state index is 0.207. The molecule has 5 nitrogen and oxygen atoms in total. The van der Waals surface area contributed by atoms with Crippen molar-refractivity contribution in [2.75, 3.05) is 23.3 Å². The van der Waals surface area contributed by atoms with Gasteiger partial charge in [-0.3, -0.25) is 0 Å². The van der Waals surface area contributed by atoms with Crippen LogP contribution in [0.3, 0.4) is 0 Å². The molecule has 0 radical (unpaired) electrons. The Hall–Kier alpha value is -1.40. The van der Waals surface area contributed by atoms with Crippen molar-refractivity contribution in [3.05, 3.63) is 33.5 Å². The van der Waals surface area contributed by atoms with E-state index in [0.717, 1.165) is 41.7 Å². The van der Waals surface area contributed by atoms with Crippen LogP contribution in [0.1, 0.15) is 18.4 Å². The second-order valence-electron chi connectivity index (χ2n) is 5.03. The topological polar surface area (TPSA) is 53.9 Å². The van der Waals surface area contributed by atoms with Crippen LogP contribution in [0.25, 0.3) is 0 Å². The fraction of sp³-hybridized carbons (Fsp3) is 0.357. The van der Waals surface area contributed by atoms with Crippen LogP contribution >= 0.6 is 27.5 Å². The highest BCUT2D eigenvalue weighted by Crippen LogP contribution is 2.27. The second kappa shape index (κ2) is 6.15. The molecule has 1 aromatic carbocycles. The summed E-state index contributed by atoms with van der Waals surface area (Å²) in [6, 6.07) is 6.05. The lowest BCUT2D eigenvalue weighted by Gasteiger charge is -2.16. The second-order valence-corrected chi connectivity index (χ2v) is 6.22. The Morgan fingerprint density at radius 2 is 1.95 bits per heavy atom. The molecule has 0 saturated carbocycles. The van der Waals surface area contributed by atoms with Crippen LogP contribution < -0.4 is 10.2 Å². The lowest BCUT2D eigenvalue weighted by molar-refractivity contribution is 0.883. The molecule has 1 N–H and O–H groups in total. The molecule has 0 unspecified atom stereocenters. The Bertz CT molecular complexity index is 658. The Balaban J connectivity index is 1.89. The Labute approximate surface area is 136 Å². The van der Waals surface area contributed by atoms with Gasteiger partial charge in [0, 0.05) is 17.6 Å². The van der Waals surface area contributed by atoms with E-state index in [1.165, 1.54) is 0 Å². The number of nitrogens with one attached hydrogen (secondary N) is 1. The lowest BCUT2D eigenvalue weighted by Crippen LogP contribution is -2.21. The van der Waals surface area contributed by atoms with Gasteiger partial charge in [-0.05, 0) is 65.0 Å². The molecular weight excluding hydrogens is 354 g/mol. The van der Waals surface area contributed by atoms with E-state index in [1.807, 2.05) is 25.1 Å². The van der Waals surface area contributed by atoms with Crippen LogP contribution in [-0.4, -0.2) is 28.0 Å². The average molecular weight is 369 g/mol. The maximum Gasteiger partial charge on any atom is 0.233 e. The largest absolute Gasteiger partial charge is 0.341 e. The van der Waals surface area contributed by atoms with Gasteiger partial charge < -0.3 is 10.2 Å². The average Bonchev–Trinajstić information content (AvgIpc) is 2.96. The van der Waals surface area contributed by atoms with E-state index < -0.39 is 0 Å². The molecular formula is C14H15BrClN5. The van der Waals surface area contributed by atoms with Crippen LogP contribution in [0.5, 0.6) is 0 Å². The van der Waals surface area contributed by atoms with Crippen LogP contribution in [-0.2, 0) is 0 Å². The molecule has 2 aromatic rings. The number of halogens is 2. The van der Waals surface area contributed by atoms with Crippen molar-refractivity contribution in [3.8, 4) is 0 Å². The van der Waals surface area contributed by atoms with Crippen molar-refractivity contribution in [1.29, 1.82) is 0 Å². The zero-order valence-electron chi connectivity index (χ0n) is 11.6. The van der Waals surface area contributed by atoms with Crippen molar-refractivity contribution in [2.24, 2.45) is 0 Å². The van der Waals surface area contributed by atoms with Gasteiger partial charge in [-0.2, -0.15) is 15.0 Å². The first-order valence-corrected chi connectivity index (χ1v) is 7.98. The number of anilines is 3. The number of hydrogen-bond donors (Lipinski definition) is 1. The van der Waals surface area contributed by atoms with Crippen molar-refractivity contribution < 1.29 is 0 Å². The van der Waals surface area contributed by atoms with E-state index in [1.54, 1.807) is 0 Å². The highest BCUT2D eigenvalue weighted by molar-refractivity contribution is 9.10. The molecule has 110 valence electrons. The molecule has 0 atom stereocenters. The van der Waals surface area contributed by atoms with Crippen molar-refractivity contribution in [1.82, 2.24) is 15.0 Å². The van der Waals surface area contributed by atoms with E-state index in [0.29, 0.717) is 11.9 Å². The normalized spacial score (nSPS) is 14.5. The summed E-state index contributed by atoms with van der Waals surface area (Å²) in [5.41, 5.74) is 2.06.